The zero-order chi connectivity index (χ0) is 5.86. The molecule has 1 atom stereocenters. The van der Waals surface area contributed by atoms with E-state index in [-0.39, 0.29) is 6.32 Å². The average molecular weight is 93.7 g/mol. The fourth-order valence-corrected chi connectivity index (χ4v) is 0.101. The third-order valence-electron chi connectivity index (χ3n) is 0.571. The third-order valence-corrected chi connectivity index (χ3v) is 0.571. The van der Waals surface area contributed by atoms with Gasteiger partial charge in [-0.15, -0.1) is 0 Å². The van der Waals surface area contributed by atoms with Gasteiger partial charge in [0, 0.05) is 5.82 Å². The second kappa shape index (κ2) is 2.72. The Hall–Kier alpha value is -0.400. The van der Waals surface area contributed by atoms with E-state index >= 15 is 0 Å². The monoisotopic (exact) mass is 94.0 g/mol. The van der Waals surface area contributed by atoms with Crippen LogP contribution in [0.4, 0.5) is 0 Å². The third kappa shape index (κ3) is 2.31. The van der Waals surface area contributed by atoms with Crippen molar-refractivity contribution < 1.29 is 9.90 Å². The molecule has 4 heteroatoms. The standard InChI is InChI=1S/C3H4B2O2/c4-1-2(5)3(6)7/h2H,1H2,(H,6,7). The van der Waals surface area contributed by atoms with Crippen LogP contribution in [0, 0.1) is 0 Å². The molecule has 1 unspecified atom stereocenters. The molecule has 0 aliphatic heterocycles. The Morgan fingerprint density at radius 3 is 2.29 bits per heavy atom. The Morgan fingerprint density at radius 2 is 2.29 bits per heavy atom. The summed E-state index contributed by atoms with van der Waals surface area (Å²) in [6, 6.07) is 0. The van der Waals surface area contributed by atoms with E-state index in [1.165, 1.54) is 0 Å². The minimum Gasteiger partial charge on any atom is -0.482 e. The number of rotatable bonds is 2. The molecule has 0 aromatic rings. The summed E-state index contributed by atoms with van der Waals surface area (Å²) in [7, 11) is 9.76. The lowest BCUT2D eigenvalue weighted by Gasteiger charge is -1.97. The van der Waals surface area contributed by atoms with Gasteiger partial charge in [0.25, 0.3) is 5.97 Å². The van der Waals surface area contributed by atoms with Crippen LogP contribution in [0.5, 0.6) is 0 Å². The summed E-state index contributed by atoms with van der Waals surface area (Å²) in [5.41, 5.74) is 0. The molecule has 0 fully saturated rings. The van der Waals surface area contributed by atoms with Crippen LogP contribution in [0.15, 0.2) is 0 Å². The van der Waals surface area contributed by atoms with Crippen LogP contribution in [-0.4, -0.2) is 26.8 Å². The normalized spacial score (nSPS) is 13.1. The Labute approximate surface area is 44.7 Å². The van der Waals surface area contributed by atoms with E-state index in [9.17, 15) is 4.79 Å². The second-order valence-electron chi connectivity index (χ2n) is 1.18. The van der Waals surface area contributed by atoms with Gasteiger partial charge in [0.15, 0.2) is 0 Å². The summed E-state index contributed by atoms with van der Waals surface area (Å²) in [5.74, 6) is -1.96. The topological polar surface area (TPSA) is 37.3 Å². The fourth-order valence-electron chi connectivity index (χ4n) is 0.101. The van der Waals surface area contributed by atoms with Gasteiger partial charge in [-0.2, -0.15) is 0 Å². The molecule has 0 rings (SSSR count). The zero-order valence-electron chi connectivity index (χ0n) is 3.79. The Morgan fingerprint density at radius 1 is 1.86 bits per heavy atom. The van der Waals surface area contributed by atoms with Crippen molar-refractivity contribution in [1.82, 2.24) is 0 Å². The molecule has 0 aliphatic rings. The number of carboxylic acids is 1. The van der Waals surface area contributed by atoms with Gasteiger partial charge in [0.05, 0.1) is 15.7 Å². The molecule has 34 valence electrons. The molecule has 0 spiro atoms. The van der Waals surface area contributed by atoms with Crippen LogP contribution in [0.1, 0.15) is 0 Å². The Balaban J connectivity index is 3.34. The molecule has 0 amide bonds. The first-order valence-electron chi connectivity index (χ1n) is 1.87. The number of carboxylic acid groups (broad SMARTS) is 1. The maximum atomic E-state index is 9.73. The molecule has 0 saturated carbocycles. The summed E-state index contributed by atoms with van der Waals surface area (Å²) in [6.45, 7) is 0. The van der Waals surface area contributed by atoms with Crippen molar-refractivity contribution in [3.63, 3.8) is 0 Å². The number of hydrogen-bond acceptors (Lipinski definition) is 1. The van der Waals surface area contributed by atoms with E-state index in [1.807, 2.05) is 0 Å². The summed E-state index contributed by atoms with van der Waals surface area (Å²) in [6.07, 6.45) is -0.00463. The van der Waals surface area contributed by atoms with E-state index in [4.69, 9.17) is 20.8 Å². The van der Waals surface area contributed by atoms with Crippen molar-refractivity contribution >= 4 is 21.7 Å². The number of hydrogen-bond donors (Lipinski definition) is 1. The summed E-state index contributed by atoms with van der Waals surface area (Å²) >= 11 is 0. The molecule has 0 saturated heterocycles. The molecule has 0 aromatic carbocycles. The lowest BCUT2D eigenvalue weighted by atomic mass is 9.77. The molecular weight excluding hydrogens is 89.7 g/mol. The molecule has 2 nitrogen and oxygen atoms in total. The van der Waals surface area contributed by atoms with Gasteiger partial charge in [0.2, 0.25) is 0 Å². The highest BCUT2D eigenvalue weighted by atomic mass is 16.4. The van der Waals surface area contributed by atoms with Crippen molar-refractivity contribution in [2.24, 2.45) is 0 Å². The van der Waals surface area contributed by atoms with E-state index in [1.54, 1.807) is 0 Å². The smallest absolute Gasteiger partial charge is 0.296 e. The minimum atomic E-state index is -1.05. The van der Waals surface area contributed by atoms with Gasteiger partial charge in [-0.25, -0.2) is 0 Å². The van der Waals surface area contributed by atoms with E-state index in [0.717, 1.165) is 0 Å². The highest BCUT2D eigenvalue weighted by molar-refractivity contribution is 6.27. The second-order valence-corrected chi connectivity index (χ2v) is 1.18. The van der Waals surface area contributed by atoms with Crippen molar-refractivity contribution in [3.8, 4) is 0 Å². The lowest BCUT2D eigenvalue weighted by molar-refractivity contribution is -0.136. The van der Waals surface area contributed by atoms with Gasteiger partial charge >= 0.3 is 0 Å². The minimum absolute atomic E-state index is 0.00463. The van der Waals surface area contributed by atoms with Crippen molar-refractivity contribution in [2.75, 3.05) is 0 Å². The maximum Gasteiger partial charge on any atom is 0.296 e. The molecule has 0 aliphatic carbocycles. The summed E-state index contributed by atoms with van der Waals surface area (Å²) in [4.78, 5) is 9.73. The first-order chi connectivity index (χ1) is 3.18. The average Bonchev–Trinajstić information content (AvgIpc) is 1.65. The predicted octanol–water partition coefficient (Wildman–Crippen LogP) is -0.385. The first-order valence-corrected chi connectivity index (χ1v) is 1.87. The molecule has 0 heterocycles. The maximum absolute atomic E-state index is 9.73. The quantitative estimate of drug-likeness (QED) is 0.473. The number of aliphatic carboxylic acids is 1. The van der Waals surface area contributed by atoms with E-state index < -0.39 is 11.8 Å². The van der Waals surface area contributed by atoms with Gasteiger partial charge in [0.1, 0.15) is 0 Å². The van der Waals surface area contributed by atoms with Crippen molar-refractivity contribution in [2.45, 2.75) is 12.1 Å². The highest BCUT2D eigenvalue weighted by Gasteiger charge is 2.04. The molecule has 1 N–H and O–H groups in total. The molecule has 0 bridgehead atoms. The summed E-state index contributed by atoms with van der Waals surface area (Å²) < 4.78 is 0. The Kier molecular flexibility index (Phi) is 2.56. The largest absolute Gasteiger partial charge is 0.482 e. The molecular formula is C3H4B2O2. The van der Waals surface area contributed by atoms with Crippen LogP contribution in [-0.2, 0) is 4.79 Å². The fraction of sp³-hybridized carbons (Fsp3) is 0.667. The van der Waals surface area contributed by atoms with Crippen LogP contribution >= 0.6 is 0 Å². The van der Waals surface area contributed by atoms with Gasteiger partial charge < -0.3 is 5.11 Å². The van der Waals surface area contributed by atoms with Gasteiger partial charge in [-0.1, -0.05) is 6.32 Å². The highest BCUT2D eigenvalue weighted by Crippen LogP contribution is 2.00. The van der Waals surface area contributed by atoms with Crippen LogP contribution in [0.3, 0.4) is 0 Å². The molecule has 7 heavy (non-hydrogen) atoms. The first kappa shape index (κ1) is 6.60. The van der Waals surface area contributed by atoms with Crippen LogP contribution in [0.2, 0.25) is 12.1 Å². The number of carbonyl (C=O) groups is 1. The molecule has 4 radical (unpaired) electrons. The Bertz CT molecular complexity index is 73.3. The zero-order valence-corrected chi connectivity index (χ0v) is 3.79. The van der Waals surface area contributed by atoms with Gasteiger partial charge in [-0.3, -0.25) is 4.79 Å². The van der Waals surface area contributed by atoms with Crippen LogP contribution < -0.4 is 0 Å². The SMILES string of the molecule is [B]CC([B])C(=O)O. The predicted molar refractivity (Wildman–Crippen MR) is 27.7 cm³/mol. The van der Waals surface area contributed by atoms with E-state index in [0.29, 0.717) is 0 Å². The van der Waals surface area contributed by atoms with Crippen molar-refractivity contribution in [1.29, 1.82) is 0 Å². The summed E-state index contributed by atoms with van der Waals surface area (Å²) in [5, 5.41) is 7.98. The molecule has 0 aromatic heterocycles. The van der Waals surface area contributed by atoms with Crippen molar-refractivity contribution in [3.05, 3.63) is 0 Å². The van der Waals surface area contributed by atoms with E-state index in [2.05, 4.69) is 0 Å². The van der Waals surface area contributed by atoms with Gasteiger partial charge in [-0.05, 0) is 0 Å². The lowest BCUT2D eigenvalue weighted by Crippen LogP contribution is -2.05. The van der Waals surface area contributed by atoms with Crippen LogP contribution in [0.25, 0.3) is 0 Å².